The Bertz CT molecular complexity index is 421. The second-order valence-corrected chi connectivity index (χ2v) is 4.37. The third-order valence-corrected chi connectivity index (χ3v) is 3.05. The summed E-state index contributed by atoms with van der Waals surface area (Å²) in [5.41, 5.74) is 0. The van der Waals surface area contributed by atoms with Crippen LogP contribution in [0.2, 0.25) is 0 Å². The average molecular weight is 268 g/mol. The number of carbonyl (C=O) groups excluding carboxylic acids is 1. The molecule has 1 saturated heterocycles. The molecule has 106 valence electrons. The molecule has 1 fully saturated rings. The van der Waals surface area contributed by atoms with Gasteiger partial charge in [-0.3, -0.25) is 0 Å². The van der Waals surface area contributed by atoms with Gasteiger partial charge in [-0.15, -0.1) is 0 Å². The normalized spacial score (nSPS) is 18.8. The maximum Gasteiger partial charge on any atom is 0.318 e. The van der Waals surface area contributed by atoms with E-state index in [1.807, 2.05) is 13.8 Å². The lowest BCUT2D eigenvalue weighted by atomic mass is 10.2. The van der Waals surface area contributed by atoms with Crippen LogP contribution in [0.3, 0.4) is 0 Å². The smallest absolute Gasteiger partial charge is 0.318 e. The summed E-state index contributed by atoms with van der Waals surface area (Å²) in [7, 11) is 0. The summed E-state index contributed by atoms with van der Waals surface area (Å²) in [6, 6.07) is -0.160. The molecule has 1 aliphatic rings. The molecule has 2 heterocycles. The zero-order valence-corrected chi connectivity index (χ0v) is 11.4. The molecule has 1 aliphatic heterocycles. The Morgan fingerprint density at radius 3 is 3.16 bits per heavy atom. The molecule has 1 N–H and O–H groups in total. The molecular weight excluding hydrogens is 248 g/mol. The Labute approximate surface area is 112 Å². The van der Waals surface area contributed by atoms with Gasteiger partial charge in [-0.25, -0.2) is 4.79 Å². The maximum atomic E-state index is 11.9. The molecule has 1 unspecified atom stereocenters. The molecule has 0 aromatic carbocycles. The van der Waals surface area contributed by atoms with Crippen LogP contribution in [0.4, 0.5) is 4.79 Å². The largest absolute Gasteiger partial charge is 0.372 e. The minimum atomic E-state index is -0.0920. The molecule has 2 rings (SSSR count). The molecule has 0 saturated carbocycles. The van der Waals surface area contributed by atoms with Gasteiger partial charge in [-0.1, -0.05) is 5.16 Å². The molecule has 1 aromatic heterocycles. The number of carbonyl (C=O) groups is 1. The third-order valence-electron chi connectivity index (χ3n) is 3.05. The van der Waals surface area contributed by atoms with Gasteiger partial charge in [0.15, 0.2) is 5.82 Å². The summed E-state index contributed by atoms with van der Waals surface area (Å²) in [6.45, 7) is 6.07. The first-order valence-electron chi connectivity index (χ1n) is 6.71. The minimum absolute atomic E-state index is 0.0684. The van der Waals surface area contributed by atoms with Crippen molar-refractivity contribution in [1.29, 1.82) is 0 Å². The Balaban J connectivity index is 2.03. The van der Waals surface area contributed by atoms with E-state index in [0.29, 0.717) is 31.5 Å². The second-order valence-electron chi connectivity index (χ2n) is 4.37. The van der Waals surface area contributed by atoms with Crippen molar-refractivity contribution in [2.24, 2.45) is 0 Å². The van der Waals surface area contributed by atoms with E-state index in [4.69, 9.17) is 9.26 Å². The van der Waals surface area contributed by atoms with Crippen LogP contribution in [0.5, 0.6) is 0 Å². The first kappa shape index (κ1) is 13.8. The maximum absolute atomic E-state index is 11.9. The highest BCUT2D eigenvalue weighted by Gasteiger charge is 2.33. The zero-order valence-electron chi connectivity index (χ0n) is 11.4. The van der Waals surface area contributed by atoms with Crippen LogP contribution in [0, 0.1) is 0 Å². The summed E-state index contributed by atoms with van der Waals surface area (Å²) in [6.07, 6.45) is 1.82. The monoisotopic (exact) mass is 268 g/mol. The van der Waals surface area contributed by atoms with Crippen molar-refractivity contribution in [3.05, 3.63) is 11.7 Å². The Morgan fingerprint density at radius 1 is 1.58 bits per heavy atom. The fourth-order valence-electron chi connectivity index (χ4n) is 2.18. The molecule has 7 nitrogen and oxygen atoms in total. The van der Waals surface area contributed by atoms with Crippen molar-refractivity contribution in [2.45, 2.75) is 39.3 Å². The van der Waals surface area contributed by atoms with E-state index >= 15 is 0 Å². The fourth-order valence-corrected chi connectivity index (χ4v) is 2.18. The van der Waals surface area contributed by atoms with Crippen molar-refractivity contribution in [3.8, 4) is 0 Å². The highest BCUT2D eigenvalue weighted by molar-refractivity contribution is 5.74. The number of rotatable bonds is 5. The van der Waals surface area contributed by atoms with E-state index in [1.165, 1.54) is 0 Å². The topological polar surface area (TPSA) is 80.5 Å². The molecule has 1 atom stereocenters. The molecule has 19 heavy (non-hydrogen) atoms. The van der Waals surface area contributed by atoms with Gasteiger partial charge in [0.2, 0.25) is 0 Å². The molecular formula is C12H20N4O3. The number of nitrogens with one attached hydrogen (secondary N) is 1. The minimum Gasteiger partial charge on any atom is -0.372 e. The van der Waals surface area contributed by atoms with E-state index in [9.17, 15) is 4.79 Å². The van der Waals surface area contributed by atoms with Gasteiger partial charge >= 0.3 is 6.03 Å². The van der Waals surface area contributed by atoms with Crippen LogP contribution >= 0.6 is 0 Å². The van der Waals surface area contributed by atoms with Gasteiger partial charge in [0.25, 0.3) is 5.89 Å². The number of urea groups is 1. The van der Waals surface area contributed by atoms with Gasteiger partial charge in [0.1, 0.15) is 6.61 Å². The number of nitrogens with zero attached hydrogens (tertiary/aromatic N) is 3. The first-order chi connectivity index (χ1) is 9.26. The van der Waals surface area contributed by atoms with Crippen molar-refractivity contribution >= 4 is 6.03 Å². The lowest BCUT2D eigenvalue weighted by molar-refractivity contribution is 0.109. The summed E-state index contributed by atoms with van der Waals surface area (Å²) >= 11 is 0. The van der Waals surface area contributed by atoms with Crippen molar-refractivity contribution in [3.63, 3.8) is 0 Å². The van der Waals surface area contributed by atoms with Crippen LogP contribution in [0.1, 0.15) is 44.4 Å². The predicted molar refractivity (Wildman–Crippen MR) is 67.4 cm³/mol. The van der Waals surface area contributed by atoms with E-state index in [2.05, 4.69) is 15.5 Å². The Hall–Kier alpha value is -1.63. The van der Waals surface area contributed by atoms with Crippen LogP contribution in [0.25, 0.3) is 0 Å². The number of likely N-dealkylation sites (tertiary alicyclic amines) is 1. The third kappa shape index (κ3) is 3.23. The summed E-state index contributed by atoms with van der Waals surface area (Å²) < 4.78 is 10.3. The lowest BCUT2D eigenvalue weighted by Crippen LogP contribution is -2.39. The van der Waals surface area contributed by atoms with Gasteiger partial charge in [0, 0.05) is 19.7 Å². The molecule has 2 amide bonds. The molecule has 7 heteroatoms. The highest BCUT2D eigenvalue weighted by atomic mass is 16.5. The van der Waals surface area contributed by atoms with Gasteiger partial charge in [-0.05, 0) is 26.7 Å². The summed E-state index contributed by atoms with van der Waals surface area (Å²) in [5, 5.41) is 6.76. The van der Waals surface area contributed by atoms with Gasteiger partial charge in [-0.2, -0.15) is 4.98 Å². The zero-order chi connectivity index (χ0) is 13.7. The number of hydrogen-bond acceptors (Lipinski definition) is 5. The molecule has 0 aliphatic carbocycles. The van der Waals surface area contributed by atoms with E-state index in [1.54, 1.807) is 4.90 Å². The van der Waals surface area contributed by atoms with Crippen LogP contribution in [0.15, 0.2) is 4.52 Å². The van der Waals surface area contributed by atoms with Gasteiger partial charge < -0.3 is 19.5 Å². The van der Waals surface area contributed by atoms with Crippen molar-refractivity contribution in [1.82, 2.24) is 20.4 Å². The number of hydrogen-bond donors (Lipinski definition) is 1. The van der Waals surface area contributed by atoms with Crippen molar-refractivity contribution in [2.75, 3.05) is 19.7 Å². The molecule has 0 bridgehead atoms. The standard InChI is InChI=1S/C12H20N4O3/c1-3-13-12(17)16-7-5-6-9(16)11-14-10(19-15-11)8-18-4-2/h9H,3-8H2,1-2H3,(H,13,17). The first-order valence-corrected chi connectivity index (χ1v) is 6.71. The highest BCUT2D eigenvalue weighted by Crippen LogP contribution is 2.29. The number of amides is 2. The molecule has 1 aromatic rings. The lowest BCUT2D eigenvalue weighted by Gasteiger charge is -2.22. The van der Waals surface area contributed by atoms with Crippen LogP contribution in [-0.4, -0.2) is 40.8 Å². The van der Waals surface area contributed by atoms with Gasteiger partial charge in [0.05, 0.1) is 6.04 Å². The number of aromatic nitrogens is 2. The fraction of sp³-hybridized carbons (Fsp3) is 0.750. The predicted octanol–water partition coefficient (Wildman–Crippen LogP) is 1.47. The second kappa shape index (κ2) is 6.51. The number of ether oxygens (including phenoxy) is 1. The molecule has 0 spiro atoms. The van der Waals surface area contributed by atoms with Crippen LogP contribution < -0.4 is 5.32 Å². The summed E-state index contributed by atoms with van der Waals surface area (Å²) in [4.78, 5) is 18.0. The quantitative estimate of drug-likeness (QED) is 0.874. The Morgan fingerprint density at radius 2 is 2.42 bits per heavy atom. The van der Waals surface area contributed by atoms with Crippen molar-refractivity contribution < 1.29 is 14.1 Å². The van der Waals surface area contributed by atoms with E-state index < -0.39 is 0 Å². The Kier molecular flexibility index (Phi) is 4.73. The van der Waals surface area contributed by atoms with Crippen LogP contribution in [-0.2, 0) is 11.3 Å². The SMILES string of the molecule is CCNC(=O)N1CCCC1c1noc(COCC)n1. The van der Waals surface area contributed by atoms with E-state index in [0.717, 1.165) is 19.4 Å². The summed E-state index contributed by atoms with van der Waals surface area (Å²) in [5.74, 6) is 1.03. The van der Waals surface area contributed by atoms with E-state index in [-0.39, 0.29) is 12.1 Å². The average Bonchev–Trinajstić information content (AvgIpc) is 3.05. The molecule has 0 radical (unpaired) electrons.